The molecule has 2 fully saturated rings. The molecular weight excluding hydrogens is 326 g/mol. The van der Waals surface area contributed by atoms with Crippen molar-refractivity contribution in [2.45, 2.75) is 44.2 Å². The number of piperidine rings is 2. The highest BCUT2D eigenvalue weighted by Gasteiger charge is 2.48. The number of aromatic nitrogens is 3. The van der Waals surface area contributed by atoms with Gasteiger partial charge in [-0.05, 0) is 58.3 Å². The monoisotopic (exact) mass is 351 g/mol. The van der Waals surface area contributed by atoms with E-state index in [2.05, 4.69) is 38.7 Å². The molecule has 0 saturated carbocycles. The third-order valence-corrected chi connectivity index (χ3v) is 5.99. The van der Waals surface area contributed by atoms with Crippen LogP contribution in [0, 0.1) is 0 Å². The number of carbonyl (C=O) groups excluding carboxylic acids is 1. The van der Waals surface area contributed by atoms with Gasteiger partial charge in [0.05, 0.1) is 11.2 Å². The topological polar surface area (TPSA) is 62.2 Å². The summed E-state index contributed by atoms with van der Waals surface area (Å²) >= 11 is 0. The highest BCUT2D eigenvalue weighted by molar-refractivity contribution is 5.93. The minimum Gasteiger partial charge on any atom is -0.330 e. The van der Waals surface area contributed by atoms with E-state index in [1.54, 1.807) is 12.4 Å². The highest BCUT2D eigenvalue weighted by atomic mass is 16.2. The van der Waals surface area contributed by atoms with Gasteiger partial charge in [0, 0.05) is 30.5 Å². The van der Waals surface area contributed by atoms with Crippen LogP contribution in [0.5, 0.6) is 0 Å². The van der Waals surface area contributed by atoms with Crippen molar-refractivity contribution in [3.63, 3.8) is 0 Å². The Morgan fingerprint density at radius 3 is 2.81 bits per heavy atom. The van der Waals surface area contributed by atoms with Crippen LogP contribution >= 0.6 is 0 Å². The lowest BCUT2D eigenvalue weighted by Crippen LogP contribution is -2.66. The first-order valence-corrected chi connectivity index (χ1v) is 9.34. The lowest BCUT2D eigenvalue weighted by Gasteiger charge is -2.55. The van der Waals surface area contributed by atoms with Crippen LogP contribution in [-0.4, -0.2) is 62.4 Å². The lowest BCUT2D eigenvalue weighted by molar-refractivity contribution is -0.0348. The maximum Gasteiger partial charge on any atom is 0.272 e. The molecule has 2 saturated heterocycles. The van der Waals surface area contributed by atoms with Gasteiger partial charge in [-0.3, -0.25) is 4.79 Å². The van der Waals surface area contributed by atoms with Crippen molar-refractivity contribution < 1.29 is 4.79 Å². The van der Waals surface area contributed by atoms with Crippen LogP contribution in [0.25, 0.3) is 11.3 Å². The van der Waals surface area contributed by atoms with E-state index < -0.39 is 0 Å². The maximum absolute atomic E-state index is 13.4. The Morgan fingerprint density at radius 1 is 1.19 bits per heavy atom. The van der Waals surface area contributed by atoms with Crippen LogP contribution in [0.4, 0.5) is 0 Å². The predicted molar refractivity (Wildman–Crippen MR) is 99.6 cm³/mol. The molecule has 6 nitrogen and oxygen atoms in total. The van der Waals surface area contributed by atoms with E-state index in [0.29, 0.717) is 11.7 Å². The number of hydrogen-bond acceptors (Lipinski definition) is 5. The third kappa shape index (κ3) is 2.88. The number of rotatable bonds is 2. The second-order valence-electron chi connectivity index (χ2n) is 7.59. The molecule has 6 heteroatoms. The predicted octanol–water partition coefficient (Wildman–Crippen LogP) is 2.63. The molecule has 0 unspecified atom stereocenters. The standard InChI is InChI=1S/C20H25N5O/c1-20-9-5-10-24(2)18(20)8-4-11-25(20)19(26)17-7-3-6-16(23-17)15-12-21-14-22-13-15/h3,6-7,12-14,18H,4-5,8-11H2,1-2H3/t18-,20-/m0/s1. The number of amides is 1. The van der Waals surface area contributed by atoms with Gasteiger partial charge in [0.1, 0.15) is 12.0 Å². The quantitative estimate of drug-likeness (QED) is 0.832. The molecule has 0 aliphatic carbocycles. The number of carbonyl (C=O) groups is 1. The fraction of sp³-hybridized carbons (Fsp3) is 0.500. The molecule has 0 aromatic carbocycles. The molecule has 0 spiro atoms. The molecular formula is C20H25N5O. The van der Waals surface area contributed by atoms with Gasteiger partial charge in [-0.25, -0.2) is 15.0 Å². The second kappa shape index (κ2) is 6.76. The highest BCUT2D eigenvalue weighted by Crippen LogP contribution is 2.39. The summed E-state index contributed by atoms with van der Waals surface area (Å²) < 4.78 is 0. The van der Waals surface area contributed by atoms with Crippen molar-refractivity contribution >= 4 is 5.91 Å². The van der Waals surface area contributed by atoms with Gasteiger partial charge in [-0.1, -0.05) is 6.07 Å². The summed E-state index contributed by atoms with van der Waals surface area (Å²) in [5.41, 5.74) is 1.94. The first-order valence-electron chi connectivity index (χ1n) is 9.34. The summed E-state index contributed by atoms with van der Waals surface area (Å²) in [6.07, 6.45) is 9.32. The Balaban J connectivity index is 1.65. The van der Waals surface area contributed by atoms with Crippen molar-refractivity contribution in [1.29, 1.82) is 0 Å². The number of pyridine rings is 1. The zero-order valence-corrected chi connectivity index (χ0v) is 15.4. The van der Waals surface area contributed by atoms with E-state index in [4.69, 9.17) is 0 Å². The fourth-order valence-electron chi connectivity index (χ4n) is 4.65. The maximum atomic E-state index is 13.4. The van der Waals surface area contributed by atoms with Crippen LogP contribution in [0.1, 0.15) is 43.1 Å². The second-order valence-corrected chi connectivity index (χ2v) is 7.59. The Labute approximate surface area is 154 Å². The largest absolute Gasteiger partial charge is 0.330 e. The average molecular weight is 351 g/mol. The van der Waals surface area contributed by atoms with Gasteiger partial charge in [0.2, 0.25) is 0 Å². The molecule has 1 amide bonds. The van der Waals surface area contributed by atoms with E-state index >= 15 is 0 Å². The smallest absolute Gasteiger partial charge is 0.272 e. The third-order valence-electron chi connectivity index (χ3n) is 5.99. The number of fused-ring (bicyclic) bond motifs is 1. The molecule has 136 valence electrons. The fourth-order valence-corrected chi connectivity index (χ4v) is 4.65. The van der Waals surface area contributed by atoms with Gasteiger partial charge in [-0.2, -0.15) is 0 Å². The van der Waals surface area contributed by atoms with E-state index in [1.165, 1.54) is 6.33 Å². The summed E-state index contributed by atoms with van der Waals surface area (Å²) in [6, 6.07) is 6.03. The molecule has 4 heterocycles. The van der Waals surface area contributed by atoms with Crippen LogP contribution in [-0.2, 0) is 0 Å². The first kappa shape index (κ1) is 17.1. The first-order chi connectivity index (χ1) is 12.6. The minimum atomic E-state index is -0.115. The van der Waals surface area contributed by atoms with Crippen molar-refractivity contribution in [2.24, 2.45) is 0 Å². The van der Waals surface area contributed by atoms with Crippen molar-refractivity contribution in [3.8, 4) is 11.3 Å². The molecule has 2 aliphatic heterocycles. The SMILES string of the molecule is CN1CCC[C@@]2(C)[C@@H]1CCCN2C(=O)c1cccc(-c2cncnc2)n1. The number of likely N-dealkylation sites (N-methyl/N-ethyl adjacent to an activating group) is 1. The van der Waals surface area contributed by atoms with Gasteiger partial charge in [0.25, 0.3) is 5.91 Å². The van der Waals surface area contributed by atoms with Gasteiger partial charge < -0.3 is 9.80 Å². The average Bonchev–Trinajstić information content (AvgIpc) is 2.68. The normalized spacial score (nSPS) is 26.4. The van der Waals surface area contributed by atoms with Gasteiger partial charge in [-0.15, -0.1) is 0 Å². The minimum absolute atomic E-state index is 0.0335. The Morgan fingerprint density at radius 2 is 2.00 bits per heavy atom. The Bertz CT molecular complexity index is 796. The van der Waals surface area contributed by atoms with Crippen molar-refractivity contribution in [2.75, 3.05) is 20.1 Å². The molecule has 0 bridgehead atoms. The molecule has 2 aromatic rings. The van der Waals surface area contributed by atoms with Gasteiger partial charge in [0.15, 0.2) is 0 Å². The zero-order valence-electron chi connectivity index (χ0n) is 15.4. The lowest BCUT2D eigenvalue weighted by atomic mass is 9.76. The molecule has 4 rings (SSSR count). The van der Waals surface area contributed by atoms with Crippen LogP contribution < -0.4 is 0 Å². The summed E-state index contributed by atoms with van der Waals surface area (Å²) in [5, 5.41) is 0. The summed E-state index contributed by atoms with van der Waals surface area (Å²) in [7, 11) is 2.18. The van der Waals surface area contributed by atoms with E-state index in [9.17, 15) is 4.79 Å². The van der Waals surface area contributed by atoms with E-state index in [-0.39, 0.29) is 11.4 Å². The van der Waals surface area contributed by atoms with Crippen LogP contribution in [0.3, 0.4) is 0 Å². The molecule has 0 radical (unpaired) electrons. The van der Waals surface area contributed by atoms with E-state index in [0.717, 1.165) is 50.0 Å². The molecule has 2 aromatic heterocycles. The summed E-state index contributed by atoms with van der Waals surface area (Å²) in [4.78, 5) is 30.6. The van der Waals surface area contributed by atoms with E-state index in [1.807, 2.05) is 18.2 Å². The van der Waals surface area contributed by atoms with Gasteiger partial charge >= 0.3 is 0 Å². The Kier molecular flexibility index (Phi) is 4.44. The zero-order chi connectivity index (χ0) is 18.1. The molecule has 2 aliphatic rings. The van der Waals surface area contributed by atoms with Crippen LogP contribution in [0.15, 0.2) is 36.9 Å². The number of nitrogens with zero attached hydrogens (tertiary/aromatic N) is 5. The van der Waals surface area contributed by atoms with Crippen LogP contribution in [0.2, 0.25) is 0 Å². The number of hydrogen-bond donors (Lipinski definition) is 0. The summed E-state index contributed by atoms with van der Waals surface area (Å²) in [6.45, 7) is 4.17. The van der Waals surface area contributed by atoms with Crippen molar-refractivity contribution in [1.82, 2.24) is 24.8 Å². The Hall–Kier alpha value is -2.34. The number of likely N-dealkylation sites (tertiary alicyclic amines) is 2. The van der Waals surface area contributed by atoms with Crippen molar-refractivity contribution in [3.05, 3.63) is 42.6 Å². The summed E-state index contributed by atoms with van der Waals surface area (Å²) in [5.74, 6) is 0.0335. The molecule has 2 atom stereocenters. The molecule has 0 N–H and O–H groups in total. The molecule has 26 heavy (non-hydrogen) atoms.